The molecule has 2 aliphatic rings. The summed E-state index contributed by atoms with van der Waals surface area (Å²) in [5.41, 5.74) is 1.57. The van der Waals surface area contributed by atoms with Crippen molar-refractivity contribution >= 4 is 18.6 Å². The molecule has 2 atom stereocenters. The molecule has 1 heterocycles. The molecule has 2 rings (SSSR count). The third kappa shape index (κ3) is 3.45. The van der Waals surface area contributed by atoms with E-state index in [1.54, 1.807) is 0 Å². The van der Waals surface area contributed by atoms with Gasteiger partial charge in [0, 0.05) is 11.7 Å². The number of hydrogen-bond donors (Lipinski definition) is 3. The van der Waals surface area contributed by atoms with Gasteiger partial charge in [0.25, 0.3) is 0 Å². The maximum atomic E-state index is 12.2. The number of rotatable bonds is 3. The molecule has 2 unspecified atom stereocenters. The Morgan fingerprint density at radius 3 is 2.68 bits per heavy atom. The summed E-state index contributed by atoms with van der Waals surface area (Å²) in [6.45, 7) is 4.19. The molecule has 4 nitrogen and oxygen atoms in total. The highest BCUT2D eigenvalue weighted by Gasteiger charge is 2.36. The summed E-state index contributed by atoms with van der Waals surface area (Å²) in [6, 6.07) is 0.0723. The fourth-order valence-corrected chi connectivity index (χ4v) is 3.49. The number of carbonyl (C=O) groups excluding carboxylic acids is 1. The van der Waals surface area contributed by atoms with Gasteiger partial charge in [0.05, 0.1) is 12.2 Å². The molecule has 0 aromatic rings. The minimum atomic E-state index is -0.198. The van der Waals surface area contributed by atoms with Crippen LogP contribution in [0.3, 0.4) is 0 Å². The molecule has 0 aromatic heterocycles. The van der Waals surface area contributed by atoms with E-state index in [4.69, 9.17) is 4.74 Å². The number of ether oxygens (including phenoxy) is 1. The summed E-state index contributed by atoms with van der Waals surface area (Å²) in [5.74, 6) is 0.315. The fourth-order valence-electron chi connectivity index (χ4n) is 3.14. The van der Waals surface area contributed by atoms with E-state index >= 15 is 0 Å². The maximum absolute atomic E-state index is 12.2. The van der Waals surface area contributed by atoms with E-state index in [2.05, 4.69) is 23.3 Å². The average molecular weight is 284 g/mol. The molecule has 1 aliphatic carbocycles. The predicted molar refractivity (Wildman–Crippen MR) is 78.7 cm³/mol. The van der Waals surface area contributed by atoms with Crippen molar-refractivity contribution in [3.63, 3.8) is 0 Å². The van der Waals surface area contributed by atoms with Crippen LogP contribution in [0.25, 0.3) is 0 Å². The Hall–Kier alpha value is -0.680. The molecule has 0 radical (unpaired) electrons. The van der Waals surface area contributed by atoms with Crippen LogP contribution in [0.15, 0.2) is 11.3 Å². The van der Waals surface area contributed by atoms with E-state index in [9.17, 15) is 4.79 Å². The first kappa shape index (κ1) is 14.7. The number of allylic oxidation sites excluding steroid dienone is 1. The van der Waals surface area contributed by atoms with Crippen molar-refractivity contribution in [3.05, 3.63) is 11.3 Å². The van der Waals surface area contributed by atoms with Gasteiger partial charge in [-0.15, -0.1) is 12.6 Å². The van der Waals surface area contributed by atoms with Crippen LogP contribution in [0.5, 0.6) is 0 Å². The summed E-state index contributed by atoms with van der Waals surface area (Å²) in [4.78, 5) is 12.2. The minimum Gasteiger partial charge on any atom is -0.463 e. The Bertz CT molecular complexity index is 364. The van der Waals surface area contributed by atoms with E-state index in [0.29, 0.717) is 12.5 Å². The molecule has 0 spiro atoms. The lowest BCUT2D eigenvalue weighted by Gasteiger charge is -2.38. The fraction of sp³-hybridized carbons (Fsp3) is 0.786. The highest BCUT2D eigenvalue weighted by Crippen LogP contribution is 2.32. The summed E-state index contributed by atoms with van der Waals surface area (Å²) < 4.78 is 5.21. The van der Waals surface area contributed by atoms with Gasteiger partial charge in [-0.05, 0) is 32.6 Å². The minimum absolute atomic E-state index is 0.0723. The van der Waals surface area contributed by atoms with Gasteiger partial charge in [0.2, 0.25) is 0 Å². The highest BCUT2D eigenvalue weighted by atomic mass is 32.1. The molecule has 0 aromatic carbocycles. The zero-order chi connectivity index (χ0) is 13.8. The molecule has 108 valence electrons. The Kier molecular flexibility index (Phi) is 5.16. The van der Waals surface area contributed by atoms with Crippen molar-refractivity contribution in [1.82, 2.24) is 10.6 Å². The second kappa shape index (κ2) is 6.66. The highest BCUT2D eigenvalue weighted by molar-refractivity contribution is 7.80. The molecule has 0 amide bonds. The van der Waals surface area contributed by atoms with Crippen LogP contribution in [-0.2, 0) is 9.53 Å². The molecule has 1 saturated carbocycles. The standard InChI is InChI=1S/C14H24N2O2S/c1-3-18-13(17)11-9(2)15-14(19)16-12(11)10-7-5-4-6-8-10/h10,12,14-16,19H,3-8H2,1-2H3. The third-order valence-corrected chi connectivity index (χ3v) is 4.30. The van der Waals surface area contributed by atoms with Gasteiger partial charge in [-0.1, -0.05) is 19.3 Å². The Morgan fingerprint density at radius 2 is 2.05 bits per heavy atom. The molecule has 5 heteroatoms. The zero-order valence-electron chi connectivity index (χ0n) is 11.7. The molecule has 19 heavy (non-hydrogen) atoms. The smallest absolute Gasteiger partial charge is 0.337 e. The van der Waals surface area contributed by atoms with Gasteiger partial charge in [-0.25, -0.2) is 4.79 Å². The van der Waals surface area contributed by atoms with Crippen LogP contribution in [0.2, 0.25) is 0 Å². The van der Waals surface area contributed by atoms with Crippen molar-refractivity contribution in [3.8, 4) is 0 Å². The maximum Gasteiger partial charge on any atom is 0.337 e. The topological polar surface area (TPSA) is 50.4 Å². The first-order valence-corrected chi connectivity index (χ1v) is 7.73. The monoisotopic (exact) mass is 284 g/mol. The van der Waals surface area contributed by atoms with Crippen LogP contribution in [-0.4, -0.2) is 24.1 Å². The van der Waals surface area contributed by atoms with Crippen LogP contribution < -0.4 is 10.6 Å². The van der Waals surface area contributed by atoms with Crippen LogP contribution in [0.1, 0.15) is 46.0 Å². The molecular formula is C14H24N2O2S. The molecular weight excluding hydrogens is 260 g/mol. The molecule has 0 bridgehead atoms. The number of hydrogen-bond acceptors (Lipinski definition) is 5. The van der Waals surface area contributed by atoms with Crippen molar-refractivity contribution in [2.24, 2.45) is 5.92 Å². The van der Waals surface area contributed by atoms with E-state index in [1.807, 2.05) is 13.8 Å². The van der Waals surface area contributed by atoms with E-state index in [-0.39, 0.29) is 17.5 Å². The number of esters is 1. The predicted octanol–water partition coefficient (Wildman–Crippen LogP) is 2.18. The molecule has 1 fully saturated rings. The molecule has 2 N–H and O–H groups in total. The largest absolute Gasteiger partial charge is 0.463 e. The van der Waals surface area contributed by atoms with E-state index in [0.717, 1.165) is 11.3 Å². The van der Waals surface area contributed by atoms with Crippen LogP contribution in [0.4, 0.5) is 0 Å². The molecule has 1 aliphatic heterocycles. The summed E-state index contributed by atoms with van der Waals surface area (Å²) in [7, 11) is 0. The zero-order valence-corrected chi connectivity index (χ0v) is 12.6. The van der Waals surface area contributed by atoms with E-state index < -0.39 is 0 Å². The first-order valence-electron chi connectivity index (χ1n) is 7.22. The second-order valence-corrected chi connectivity index (χ2v) is 5.86. The quantitative estimate of drug-likeness (QED) is 0.549. The van der Waals surface area contributed by atoms with Crippen molar-refractivity contribution in [1.29, 1.82) is 0 Å². The normalized spacial score (nSPS) is 29.0. The lowest BCUT2D eigenvalue weighted by molar-refractivity contribution is -0.139. The van der Waals surface area contributed by atoms with Crippen molar-refractivity contribution in [2.45, 2.75) is 57.5 Å². The number of nitrogens with one attached hydrogen (secondary N) is 2. The summed E-state index contributed by atoms with van der Waals surface area (Å²) in [5, 5.41) is 6.57. The average Bonchev–Trinajstić information content (AvgIpc) is 2.39. The van der Waals surface area contributed by atoms with Gasteiger partial charge in [-0.2, -0.15) is 0 Å². The van der Waals surface area contributed by atoms with Crippen LogP contribution >= 0.6 is 12.6 Å². The van der Waals surface area contributed by atoms with Gasteiger partial charge in [-0.3, -0.25) is 5.32 Å². The SMILES string of the molecule is CCOC(=O)C1=C(C)NC(S)NC1C1CCCCC1. The van der Waals surface area contributed by atoms with E-state index in [1.165, 1.54) is 32.1 Å². The van der Waals surface area contributed by atoms with Crippen molar-refractivity contribution in [2.75, 3.05) is 6.61 Å². The number of thiol groups is 1. The lowest BCUT2D eigenvalue weighted by atomic mass is 9.80. The van der Waals surface area contributed by atoms with Crippen LogP contribution in [0, 0.1) is 5.92 Å². The second-order valence-electron chi connectivity index (χ2n) is 5.35. The summed E-state index contributed by atoms with van der Waals surface area (Å²) >= 11 is 4.45. The first-order chi connectivity index (χ1) is 9.13. The Morgan fingerprint density at radius 1 is 1.37 bits per heavy atom. The van der Waals surface area contributed by atoms with Gasteiger partial charge < -0.3 is 10.1 Å². The Balaban J connectivity index is 2.21. The van der Waals surface area contributed by atoms with Gasteiger partial charge >= 0.3 is 5.97 Å². The van der Waals surface area contributed by atoms with Crippen molar-refractivity contribution < 1.29 is 9.53 Å². The lowest BCUT2D eigenvalue weighted by Crippen LogP contribution is -2.54. The summed E-state index contributed by atoms with van der Waals surface area (Å²) in [6.07, 6.45) is 6.16. The number of carbonyl (C=O) groups is 1. The Labute approximate surface area is 120 Å². The molecule has 0 saturated heterocycles. The van der Waals surface area contributed by atoms with Gasteiger partial charge in [0.15, 0.2) is 0 Å². The van der Waals surface area contributed by atoms with Gasteiger partial charge in [0.1, 0.15) is 5.50 Å². The third-order valence-electron chi connectivity index (χ3n) is 4.02.